The molecule has 3 aromatic rings. The van der Waals surface area contributed by atoms with Crippen LogP contribution in [0.1, 0.15) is 30.9 Å². The number of phenols is 2. The van der Waals surface area contributed by atoms with E-state index in [1.807, 2.05) is 4.90 Å². The first-order chi connectivity index (χ1) is 18.1. The molecule has 0 radical (unpaired) electrons. The van der Waals surface area contributed by atoms with Crippen molar-refractivity contribution in [2.45, 2.75) is 32.4 Å². The molecular formula is C26H25F3N4O5. The summed E-state index contributed by atoms with van der Waals surface area (Å²) in [6.45, 7) is 3.02. The molecule has 0 atom stereocenters. The van der Waals surface area contributed by atoms with Crippen LogP contribution in [0.4, 0.5) is 29.3 Å². The van der Waals surface area contributed by atoms with Crippen molar-refractivity contribution in [1.82, 2.24) is 9.78 Å². The number of fused-ring (bicyclic) bond motifs is 1. The summed E-state index contributed by atoms with van der Waals surface area (Å²) in [6.07, 6.45) is -3.65. The molecule has 0 bridgehead atoms. The number of amides is 1. The third kappa shape index (κ3) is 4.50. The summed E-state index contributed by atoms with van der Waals surface area (Å²) >= 11 is 0. The number of halogens is 3. The summed E-state index contributed by atoms with van der Waals surface area (Å²) in [5, 5.41) is 24.5. The summed E-state index contributed by atoms with van der Waals surface area (Å²) in [5.41, 5.74) is -1.60. The highest BCUT2D eigenvalue weighted by molar-refractivity contribution is 5.92. The second-order valence-electron chi connectivity index (χ2n) is 9.12. The SMILES string of the molecule is CCOC(=O)N1CCc2c(-c3cc(O)cc(O)c3)nn(-c3cc(N4CCCC4)ccc3C(F)(F)F)c(=O)c21. The van der Waals surface area contributed by atoms with Crippen LogP contribution in [0, 0.1) is 0 Å². The van der Waals surface area contributed by atoms with Crippen molar-refractivity contribution in [2.75, 3.05) is 36.0 Å². The number of phenolic OH excluding ortho intramolecular Hbond substituents is 2. The van der Waals surface area contributed by atoms with Crippen LogP contribution >= 0.6 is 0 Å². The first kappa shape index (κ1) is 25.4. The summed E-state index contributed by atoms with van der Waals surface area (Å²) in [6, 6.07) is 7.21. The molecule has 12 heteroatoms. The molecule has 2 aromatic carbocycles. The van der Waals surface area contributed by atoms with Crippen LogP contribution in [0.3, 0.4) is 0 Å². The fraction of sp³-hybridized carbons (Fsp3) is 0.346. The molecule has 0 saturated carbocycles. The molecule has 1 amide bonds. The Morgan fingerprint density at radius 3 is 2.37 bits per heavy atom. The van der Waals surface area contributed by atoms with Gasteiger partial charge in [0.05, 0.1) is 23.6 Å². The lowest BCUT2D eigenvalue weighted by molar-refractivity contribution is -0.137. The predicted octanol–water partition coefficient (Wildman–Crippen LogP) is 4.45. The zero-order valence-corrected chi connectivity index (χ0v) is 20.5. The number of aromatic nitrogens is 2. The maximum atomic E-state index is 14.2. The minimum absolute atomic E-state index is 0.0350. The average molecular weight is 531 g/mol. The fourth-order valence-electron chi connectivity index (χ4n) is 5.02. The van der Waals surface area contributed by atoms with Crippen LogP contribution in [-0.4, -0.2) is 52.3 Å². The lowest BCUT2D eigenvalue weighted by Gasteiger charge is -2.23. The molecule has 3 heterocycles. The van der Waals surface area contributed by atoms with Crippen molar-refractivity contribution in [1.29, 1.82) is 0 Å². The van der Waals surface area contributed by atoms with Gasteiger partial charge in [0.1, 0.15) is 17.2 Å². The van der Waals surface area contributed by atoms with Gasteiger partial charge < -0.3 is 19.8 Å². The molecule has 38 heavy (non-hydrogen) atoms. The van der Waals surface area contributed by atoms with Crippen molar-refractivity contribution < 1.29 is 32.9 Å². The molecule has 200 valence electrons. The van der Waals surface area contributed by atoms with Crippen LogP contribution in [0.15, 0.2) is 41.2 Å². The lowest BCUT2D eigenvalue weighted by atomic mass is 10.0. The molecule has 5 rings (SSSR count). The molecule has 0 spiro atoms. The first-order valence-electron chi connectivity index (χ1n) is 12.2. The van der Waals surface area contributed by atoms with Gasteiger partial charge in [-0.15, -0.1) is 0 Å². The minimum Gasteiger partial charge on any atom is -0.508 e. The zero-order valence-electron chi connectivity index (χ0n) is 20.5. The fourth-order valence-corrected chi connectivity index (χ4v) is 5.02. The summed E-state index contributed by atoms with van der Waals surface area (Å²) in [7, 11) is 0. The van der Waals surface area contributed by atoms with Crippen molar-refractivity contribution in [3.63, 3.8) is 0 Å². The number of alkyl halides is 3. The average Bonchev–Trinajstić information content (AvgIpc) is 3.54. The van der Waals surface area contributed by atoms with Crippen LogP contribution in [0.5, 0.6) is 11.5 Å². The maximum Gasteiger partial charge on any atom is 0.418 e. The van der Waals surface area contributed by atoms with Gasteiger partial charge in [0.15, 0.2) is 0 Å². The lowest BCUT2D eigenvalue weighted by Crippen LogP contribution is -2.36. The Hall–Kier alpha value is -4.22. The number of ether oxygens (including phenoxy) is 1. The van der Waals surface area contributed by atoms with E-state index in [9.17, 15) is 33.0 Å². The van der Waals surface area contributed by atoms with E-state index >= 15 is 0 Å². The Labute approximate surface area is 215 Å². The van der Waals surface area contributed by atoms with Gasteiger partial charge in [-0.25, -0.2) is 4.79 Å². The van der Waals surface area contributed by atoms with Crippen molar-refractivity contribution >= 4 is 17.5 Å². The largest absolute Gasteiger partial charge is 0.508 e. The standard InChI is InChI=1S/C26H25F3N4O5/c1-2-38-25(37)32-10-7-19-22(15-11-17(34)14-18(35)12-15)30-33(24(36)23(19)32)21-13-16(31-8-3-4-9-31)5-6-20(21)26(27,28)29/h5-6,11-14,34-35H,2-4,7-10H2,1H3. The zero-order chi connectivity index (χ0) is 27.2. The second-order valence-corrected chi connectivity index (χ2v) is 9.12. The van der Waals surface area contributed by atoms with Gasteiger partial charge in [-0.05, 0) is 56.5 Å². The third-order valence-electron chi connectivity index (χ3n) is 6.67. The third-order valence-corrected chi connectivity index (χ3v) is 6.67. The van der Waals surface area contributed by atoms with Crippen molar-refractivity contribution in [3.8, 4) is 28.4 Å². The molecule has 1 fully saturated rings. The Kier molecular flexibility index (Phi) is 6.41. The molecule has 0 unspecified atom stereocenters. The van der Waals surface area contributed by atoms with Crippen LogP contribution in [0.25, 0.3) is 16.9 Å². The predicted molar refractivity (Wildman–Crippen MR) is 133 cm³/mol. The topological polar surface area (TPSA) is 108 Å². The summed E-state index contributed by atoms with van der Waals surface area (Å²) in [5.74, 6) is -0.610. The molecule has 1 saturated heterocycles. The van der Waals surface area contributed by atoms with Gasteiger partial charge in [0.2, 0.25) is 0 Å². The van der Waals surface area contributed by atoms with Gasteiger partial charge in [0, 0.05) is 42.5 Å². The Bertz CT molecular complexity index is 1440. The number of anilines is 2. The van der Waals surface area contributed by atoms with Crippen LogP contribution in [-0.2, 0) is 17.3 Å². The molecule has 2 aliphatic rings. The van der Waals surface area contributed by atoms with E-state index < -0.39 is 29.1 Å². The van der Waals surface area contributed by atoms with E-state index in [0.29, 0.717) is 29.0 Å². The number of carbonyl (C=O) groups excluding carboxylic acids is 1. The number of rotatable bonds is 4. The van der Waals surface area contributed by atoms with Gasteiger partial charge >= 0.3 is 12.3 Å². The van der Waals surface area contributed by atoms with Crippen molar-refractivity contribution in [2.24, 2.45) is 0 Å². The summed E-state index contributed by atoms with van der Waals surface area (Å²) < 4.78 is 48.3. The van der Waals surface area contributed by atoms with E-state index in [0.717, 1.165) is 29.9 Å². The minimum atomic E-state index is -4.80. The number of hydrogen-bond acceptors (Lipinski definition) is 7. The van der Waals surface area contributed by atoms with E-state index in [1.165, 1.54) is 24.3 Å². The maximum absolute atomic E-state index is 14.2. The number of hydrogen-bond donors (Lipinski definition) is 2. The first-order valence-corrected chi connectivity index (χ1v) is 12.2. The summed E-state index contributed by atoms with van der Waals surface area (Å²) in [4.78, 5) is 29.5. The highest BCUT2D eigenvalue weighted by Gasteiger charge is 2.38. The molecule has 9 nitrogen and oxygen atoms in total. The van der Waals surface area contributed by atoms with Crippen LogP contribution < -0.4 is 15.4 Å². The monoisotopic (exact) mass is 530 g/mol. The second kappa shape index (κ2) is 9.58. The Balaban J connectivity index is 1.81. The Morgan fingerprint density at radius 1 is 1.05 bits per heavy atom. The van der Waals surface area contributed by atoms with Crippen molar-refractivity contribution in [3.05, 3.63) is 57.9 Å². The highest BCUT2D eigenvalue weighted by Crippen LogP contribution is 2.39. The number of carbonyl (C=O) groups is 1. The number of nitrogens with zero attached hydrogens (tertiary/aromatic N) is 4. The van der Waals surface area contributed by atoms with Gasteiger partial charge in [-0.1, -0.05) is 0 Å². The van der Waals surface area contributed by atoms with Gasteiger partial charge in [-0.2, -0.15) is 23.0 Å². The Morgan fingerprint density at radius 2 is 1.74 bits per heavy atom. The normalized spacial score (nSPS) is 15.2. The van der Waals surface area contributed by atoms with E-state index in [2.05, 4.69) is 5.10 Å². The van der Waals surface area contributed by atoms with Gasteiger partial charge in [0.25, 0.3) is 5.56 Å². The van der Waals surface area contributed by atoms with E-state index in [-0.39, 0.29) is 48.0 Å². The quantitative estimate of drug-likeness (QED) is 0.513. The molecule has 2 aliphatic heterocycles. The smallest absolute Gasteiger partial charge is 0.418 e. The van der Waals surface area contributed by atoms with E-state index in [4.69, 9.17) is 4.74 Å². The molecule has 1 aromatic heterocycles. The van der Waals surface area contributed by atoms with Crippen LogP contribution in [0.2, 0.25) is 0 Å². The van der Waals surface area contributed by atoms with Gasteiger partial charge in [-0.3, -0.25) is 9.69 Å². The number of aromatic hydroxyl groups is 2. The van der Waals surface area contributed by atoms with E-state index in [1.54, 1.807) is 6.92 Å². The highest BCUT2D eigenvalue weighted by atomic mass is 19.4. The molecule has 2 N–H and O–H groups in total. The molecule has 0 aliphatic carbocycles. The number of benzene rings is 2. The molecular weight excluding hydrogens is 505 g/mol.